The van der Waals surface area contributed by atoms with Crippen LogP contribution in [0.5, 0.6) is 5.75 Å². The van der Waals surface area contributed by atoms with E-state index in [1.807, 2.05) is 0 Å². The Morgan fingerprint density at radius 1 is 1.42 bits per heavy atom. The predicted molar refractivity (Wildman–Crippen MR) is 93.0 cm³/mol. The van der Waals surface area contributed by atoms with E-state index < -0.39 is 6.04 Å². The lowest BCUT2D eigenvalue weighted by Crippen LogP contribution is -2.53. The van der Waals surface area contributed by atoms with Crippen molar-refractivity contribution in [2.45, 2.75) is 18.9 Å². The summed E-state index contributed by atoms with van der Waals surface area (Å²) in [6.07, 6.45) is 3.33. The number of rotatable bonds is 7. The molecule has 6 heteroatoms. The van der Waals surface area contributed by atoms with Gasteiger partial charge in [-0.2, -0.15) is 0 Å². The Morgan fingerprint density at radius 3 is 2.83 bits per heavy atom. The standard InChI is InChI=1S/C18H25N3O3/c1-3-9-20-18(23)16(13-7-10-19-11-8-13)21-17(22)14-5-4-6-15(12-14)24-2/h3-6,12-13,16,19H,1,7-11H2,2H3,(H,20,23)(H,21,22). The van der Waals surface area contributed by atoms with E-state index in [2.05, 4.69) is 22.5 Å². The third kappa shape index (κ3) is 4.83. The summed E-state index contributed by atoms with van der Waals surface area (Å²) < 4.78 is 5.15. The fourth-order valence-corrected chi connectivity index (χ4v) is 2.85. The molecule has 1 fully saturated rings. The summed E-state index contributed by atoms with van der Waals surface area (Å²) in [4.78, 5) is 25.0. The van der Waals surface area contributed by atoms with Crippen molar-refractivity contribution in [3.05, 3.63) is 42.5 Å². The molecule has 0 bridgehead atoms. The van der Waals surface area contributed by atoms with Gasteiger partial charge in [0.05, 0.1) is 7.11 Å². The molecule has 0 aliphatic carbocycles. The number of hydrogen-bond acceptors (Lipinski definition) is 4. The molecule has 0 radical (unpaired) electrons. The molecule has 2 amide bonds. The van der Waals surface area contributed by atoms with Gasteiger partial charge in [-0.15, -0.1) is 6.58 Å². The Bertz CT molecular complexity index is 583. The van der Waals surface area contributed by atoms with Gasteiger partial charge in [-0.25, -0.2) is 0 Å². The number of piperidine rings is 1. The highest BCUT2D eigenvalue weighted by Crippen LogP contribution is 2.18. The molecule has 1 atom stereocenters. The number of nitrogens with one attached hydrogen (secondary N) is 3. The third-order valence-corrected chi connectivity index (χ3v) is 4.18. The van der Waals surface area contributed by atoms with Gasteiger partial charge in [-0.1, -0.05) is 12.1 Å². The highest BCUT2D eigenvalue weighted by molar-refractivity contribution is 5.98. The molecular weight excluding hydrogens is 306 g/mol. The lowest BCUT2D eigenvalue weighted by atomic mass is 9.89. The summed E-state index contributed by atoms with van der Waals surface area (Å²) in [5, 5.41) is 8.96. The van der Waals surface area contributed by atoms with E-state index in [4.69, 9.17) is 4.74 Å². The van der Waals surface area contributed by atoms with E-state index in [1.54, 1.807) is 37.5 Å². The van der Waals surface area contributed by atoms with Crippen LogP contribution in [0.1, 0.15) is 23.2 Å². The van der Waals surface area contributed by atoms with Crippen LogP contribution >= 0.6 is 0 Å². The zero-order valence-electron chi connectivity index (χ0n) is 14.0. The van der Waals surface area contributed by atoms with E-state index in [-0.39, 0.29) is 17.7 Å². The summed E-state index contributed by atoms with van der Waals surface area (Å²) in [5.41, 5.74) is 0.477. The topological polar surface area (TPSA) is 79.5 Å². The SMILES string of the molecule is C=CCNC(=O)C(NC(=O)c1cccc(OC)c1)C1CCNCC1. The normalized spacial score (nSPS) is 16.0. The highest BCUT2D eigenvalue weighted by Gasteiger charge is 2.30. The van der Waals surface area contributed by atoms with Crippen LogP contribution in [0.25, 0.3) is 0 Å². The molecule has 130 valence electrons. The number of carbonyl (C=O) groups is 2. The maximum Gasteiger partial charge on any atom is 0.252 e. The van der Waals surface area contributed by atoms with Gasteiger partial charge >= 0.3 is 0 Å². The van der Waals surface area contributed by atoms with Gasteiger partial charge in [0.2, 0.25) is 5.91 Å². The van der Waals surface area contributed by atoms with Crippen molar-refractivity contribution >= 4 is 11.8 Å². The van der Waals surface area contributed by atoms with E-state index >= 15 is 0 Å². The fourth-order valence-electron chi connectivity index (χ4n) is 2.85. The minimum Gasteiger partial charge on any atom is -0.497 e. The Hall–Kier alpha value is -2.34. The van der Waals surface area contributed by atoms with Gasteiger partial charge in [0.25, 0.3) is 5.91 Å². The number of amides is 2. The fraction of sp³-hybridized carbons (Fsp3) is 0.444. The second-order valence-corrected chi connectivity index (χ2v) is 5.80. The zero-order valence-corrected chi connectivity index (χ0v) is 14.0. The number of benzene rings is 1. The van der Waals surface area contributed by atoms with Crippen molar-refractivity contribution in [2.75, 3.05) is 26.7 Å². The molecule has 1 unspecified atom stereocenters. The van der Waals surface area contributed by atoms with Crippen LogP contribution < -0.4 is 20.7 Å². The molecule has 6 nitrogen and oxygen atoms in total. The first-order valence-corrected chi connectivity index (χ1v) is 8.20. The van der Waals surface area contributed by atoms with Crippen molar-refractivity contribution in [3.63, 3.8) is 0 Å². The van der Waals surface area contributed by atoms with Crippen LogP contribution in [0.4, 0.5) is 0 Å². The quantitative estimate of drug-likeness (QED) is 0.654. The minimum absolute atomic E-state index is 0.116. The zero-order chi connectivity index (χ0) is 17.4. The second kappa shape index (κ2) is 9.08. The van der Waals surface area contributed by atoms with Crippen LogP contribution in [-0.2, 0) is 4.79 Å². The van der Waals surface area contributed by atoms with Crippen LogP contribution in [0.2, 0.25) is 0 Å². The van der Waals surface area contributed by atoms with Crippen LogP contribution in [0, 0.1) is 5.92 Å². The van der Waals surface area contributed by atoms with Crippen molar-refractivity contribution in [1.82, 2.24) is 16.0 Å². The molecule has 1 saturated heterocycles. The Balaban J connectivity index is 2.11. The van der Waals surface area contributed by atoms with Gasteiger partial charge in [-0.3, -0.25) is 9.59 Å². The van der Waals surface area contributed by atoms with Crippen molar-refractivity contribution in [3.8, 4) is 5.75 Å². The summed E-state index contributed by atoms with van der Waals surface area (Å²) in [7, 11) is 1.55. The van der Waals surface area contributed by atoms with Gasteiger partial charge < -0.3 is 20.7 Å². The molecule has 0 spiro atoms. The van der Waals surface area contributed by atoms with Crippen molar-refractivity contribution < 1.29 is 14.3 Å². The van der Waals surface area contributed by atoms with E-state index in [9.17, 15) is 9.59 Å². The van der Waals surface area contributed by atoms with Crippen LogP contribution in [0.3, 0.4) is 0 Å². The Morgan fingerprint density at radius 2 is 2.17 bits per heavy atom. The first-order chi connectivity index (χ1) is 11.7. The maximum atomic E-state index is 12.6. The van der Waals surface area contributed by atoms with Crippen LogP contribution in [0.15, 0.2) is 36.9 Å². The average molecular weight is 331 g/mol. The molecule has 1 aromatic carbocycles. The Kier molecular flexibility index (Phi) is 6.81. The lowest BCUT2D eigenvalue weighted by Gasteiger charge is -2.30. The number of carbonyl (C=O) groups excluding carboxylic acids is 2. The summed E-state index contributed by atoms with van der Waals surface area (Å²) in [6.45, 7) is 5.69. The predicted octanol–water partition coefficient (Wildman–Crippen LogP) is 1.10. The van der Waals surface area contributed by atoms with Crippen LogP contribution in [-0.4, -0.2) is 44.6 Å². The van der Waals surface area contributed by atoms with Crippen molar-refractivity contribution in [2.24, 2.45) is 5.92 Å². The molecule has 1 aromatic rings. The first kappa shape index (κ1) is 18.0. The molecule has 3 N–H and O–H groups in total. The van der Waals surface area contributed by atoms with Gasteiger partial charge in [0.15, 0.2) is 0 Å². The van der Waals surface area contributed by atoms with Crippen molar-refractivity contribution in [1.29, 1.82) is 0 Å². The lowest BCUT2D eigenvalue weighted by molar-refractivity contribution is -0.124. The molecular formula is C18H25N3O3. The molecule has 24 heavy (non-hydrogen) atoms. The number of hydrogen-bond donors (Lipinski definition) is 3. The summed E-state index contributed by atoms with van der Waals surface area (Å²) in [6, 6.07) is 6.35. The number of methoxy groups -OCH3 is 1. The summed E-state index contributed by atoms with van der Waals surface area (Å²) >= 11 is 0. The Labute approximate surface area is 142 Å². The largest absolute Gasteiger partial charge is 0.497 e. The molecule has 1 heterocycles. The monoisotopic (exact) mass is 331 g/mol. The maximum absolute atomic E-state index is 12.6. The van der Waals surface area contributed by atoms with Gasteiger partial charge in [-0.05, 0) is 50.0 Å². The minimum atomic E-state index is -0.550. The summed E-state index contributed by atoms with van der Waals surface area (Å²) in [5.74, 6) is 0.284. The van der Waals surface area contributed by atoms with E-state index in [0.29, 0.717) is 17.9 Å². The van der Waals surface area contributed by atoms with Gasteiger partial charge in [0, 0.05) is 12.1 Å². The third-order valence-electron chi connectivity index (χ3n) is 4.18. The van der Waals surface area contributed by atoms with E-state index in [0.717, 1.165) is 25.9 Å². The van der Waals surface area contributed by atoms with E-state index in [1.165, 1.54) is 0 Å². The first-order valence-electron chi connectivity index (χ1n) is 8.20. The molecule has 0 aromatic heterocycles. The average Bonchev–Trinajstić information content (AvgIpc) is 2.64. The smallest absolute Gasteiger partial charge is 0.252 e. The van der Waals surface area contributed by atoms with Gasteiger partial charge in [0.1, 0.15) is 11.8 Å². The molecule has 1 aliphatic rings. The molecule has 1 aliphatic heterocycles. The highest BCUT2D eigenvalue weighted by atomic mass is 16.5. The second-order valence-electron chi connectivity index (χ2n) is 5.80. The molecule has 2 rings (SSSR count). The molecule has 0 saturated carbocycles. The number of ether oxygens (including phenoxy) is 1.